The Balaban J connectivity index is 0. The molecule has 4 atom stereocenters. The average Bonchev–Trinajstić information content (AvgIpc) is 1.96. The van der Waals surface area contributed by atoms with E-state index in [9.17, 15) is 24.6 Å². The fourth-order valence-corrected chi connectivity index (χ4v) is 1.67. The Hall–Kier alpha value is 1.99. The van der Waals surface area contributed by atoms with Gasteiger partial charge in [-0.2, -0.15) is 0 Å². The van der Waals surface area contributed by atoms with E-state index in [2.05, 4.69) is 4.52 Å². The molecule has 84 valence electrons. The summed E-state index contributed by atoms with van der Waals surface area (Å²) in [6.07, 6.45) is -4.62. The fraction of sp³-hybridized carbons (Fsp3) is 1.00. The number of rotatable bonds is 2. The molecular weight excluding hydrogens is 261 g/mol. The van der Waals surface area contributed by atoms with Crippen LogP contribution in [-0.2, 0) is 13.8 Å². The van der Waals surface area contributed by atoms with E-state index in [-0.39, 0.29) is 65.5 Å². The Bertz CT molecular complexity index is 247. The molecule has 0 spiro atoms. The van der Waals surface area contributed by atoms with Crippen LogP contribution >= 0.6 is 7.82 Å². The number of hydrogen-bond acceptors (Lipinski definition) is 7. The zero-order valence-electron chi connectivity index (χ0n) is 9.40. The van der Waals surface area contributed by atoms with Gasteiger partial charge >= 0.3 is 59.1 Å². The van der Waals surface area contributed by atoms with E-state index in [1.165, 1.54) is 0 Å². The van der Waals surface area contributed by atoms with Crippen LogP contribution in [0, 0.1) is 0 Å². The molecule has 0 aromatic heterocycles. The maximum Gasteiger partial charge on any atom is 1.00 e. The van der Waals surface area contributed by atoms with Crippen molar-refractivity contribution in [3.8, 4) is 0 Å². The van der Waals surface area contributed by atoms with Gasteiger partial charge in [0, 0.05) is 6.42 Å². The van der Waals surface area contributed by atoms with Crippen LogP contribution in [-0.4, -0.2) is 34.8 Å². The van der Waals surface area contributed by atoms with Crippen molar-refractivity contribution in [1.29, 1.82) is 0 Å². The van der Waals surface area contributed by atoms with Crippen LogP contribution in [0.4, 0.5) is 0 Å². The minimum absolute atomic E-state index is 0. The van der Waals surface area contributed by atoms with Crippen LogP contribution in [0.3, 0.4) is 0 Å². The van der Waals surface area contributed by atoms with Gasteiger partial charge in [-0.15, -0.1) is 0 Å². The van der Waals surface area contributed by atoms with E-state index >= 15 is 0 Å². The molecule has 0 unspecified atom stereocenters. The van der Waals surface area contributed by atoms with Crippen molar-refractivity contribution in [2.45, 2.75) is 37.9 Å². The molecule has 0 bridgehead atoms. The number of aliphatic hydroxyl groups is 2. The summed E-state index contributed by atoms with van der Waals surface area (Å²) in [6.45, 7) is 1.56. The number of phosphoric ester groups is 1. The molecule has 1 heterocycles. The second kappa shape index (κ2) is 8.22. The molecule has 2 N–H and O–H groups in total. The third kappa shape index (κ3) is 6.80. The van der Waals surface area contributed by atoms with Crippen molar-refractivity contribution < 1.29 is 92.9 Å². The van der Waals surface area contributed by atoms with E-state index in [0.29, 0.717) is 0 Å². The van der Waals surface area contributed by atoms with E-state index in [4.69, 9.17) is 4.74 Å². The zero-order chi connectivity index (χ0) is 10.9. The molecule has 0 amide bonds. The molecule has 1 rings (SSSR count). The first-order valence-electron chi connectivity index (χ1n) is 4.01. The summed E-state index contributed by atoms with van der Waals surface area (Å²) in [4.78, 5) is 20.5. The van der Waals surface area contributed by atoms with E-state index in [1.54, 1.807) is 6.92 Å². The maximum atomic E-state index is 10.2. The summed E-state index contributed by atoms with van der Waals surface area (Å²) in [5.74, 6) is 0. The van der Waals surface area contributed by atoms with E-state index in [0.717, 1.165) is 0 Å². The van der Waals surface area contributed by atoms with Crippen LogP contribution < -0.4 is 68.9 Å². The largest absolute Gasteiger partial charge is 1.00 e. The molecule has 1 aliphatic heterocycles. The average molecular weight is 272 g/mol. The van der Waals surface area contributed by atoms with Crippen LogP contribution in [0.2, 0.25) is 0 Å². The minimum Gasteiger partial charge on any atom is -0.790 e. The maximum absolute atomic E-state index is 10.2. The predicted molar refractivity (Wildman–Crippen MR) is 39.7 cm³/mol. The monoisotopic (exact) mass is 272 g/mol. The van der Waals surface area contributed by atoms with Gasteiger partial charge in [0.2, 0.25) is 0 Å². The molecule has 1 fully saturated rings. The molecular formula is C6H11Na2O7P. The van der Waals surface area contributed by atoms with Gasteiger partial charge < -0.3 is 33.8 Å². The SMILES string of the molecule is C[C@@H]1C[C@H](O)[C@@H](O)[C@@H](OP(=O)([O-])[O-])O1.[Na+].[Na+]. The third-order valence-corrected chi connectivity index (χ3v) is 2.31. The standard InChI is InChI=1S/C6H13O7P.2Na/c1-3-2-4(7)5(8)6(12-3)13-14(9,10)11;;/h3-8H,2H2,1H3,(H2,9,10,11);;/q;2*+1/p-2/t3-,4+,5-,6-;;/m1../s1. The summed E-state index contributed by atoms with van der Waals surface area (Å²) in [5.41, 5.74) is 0. The second-order valence-electron chi connectivity index (χ2n) is 3.16. The molecule has 0 saturated carbocycles. The van der Waals surface area contributed by atoms with Crippen LogP contribution in [0.15, 0.2) is 0 Å². The first kappa shape index (κ1) is 20.3. The van der Waals surface area contributed by atoms with Gasteiger partial charge in [0.25, 0.3) is 0 Å². The topological polar surface area (TPSA) is 122 Å². The first-order chi connectivity index (χ1) is 6.29. The van der Waals surface area contributed by atoms with Crippen molar-refractivity contribution in [1.82, 2.24) is 0 Å². The fourth-order valence-electron chi connectivity index (χ4n) is 1.24. The molecule has 0 aliphatic carbocycles. The summed E-state index contributed by atoms with van der Waals surface area (Å²) >= 11 is 0. The van der Waals surface area contributed by atoms with Crippen molar-refractivity contribution in [3.05, 3.63) is 0 Å². The van der Waals surface area contributed by atoms with Crippen LogP contribution in [0.1, 0.15) is 13.3 Å². The molecule has 10 heteroatoms. The molecule has 7 nitrogen and oxygen atoms in total. The van der Waals surface area contributed by atoms with Gasteiger partial charge in [0.05, 0.1) is 20.0 Å². The Morgan fingerprint density at radius 2 is 1.88 bits per heavy atom. The Morgan fingerprint density at radius 3 is 2.31 bits per heavy atom. The van der Waals surface area contributed by atoms with Crippen molar-refractivity contribution >= 4 is 7.82 Å². The minimum atomic E-state index is -5.22. The molecule has 16 heavy (non-hydrogen) atoms. The van der Waals surface area contributed by atoms with Gasteiger partial charge in [-0.05, 0) is 6.92 Å². The van der Waals surface area contributed by atoms with Crippen molar-refractivity contribution in [2.24, 2.45) is 0 Å². The normalized spacial score (nSPS) is 34.8. The van der Waals surface area contributed by atoms with Gasteiger partial charge in [0.1, 0.15) is 6.10 Å². The van der Waals surface area contributed by atoms with Crippen molar-refractivity contribution in [2.75, 3.05) is 0 Å². The molecule has 1 saturated heterocycles. The summed E-state index contributed by atoms with van der Waals surface area (Å²) in [5, 5.41) is 18.4. The zero-order valence-corrected chi connectivity index (χ0v) is 14.3. The third-order valence-electron chi connectivity index (χ3n) is 1.85. The molecule has 0 radical (unpaired) electrons. The van der Waals surface area contributed by atoms with Gasteiger partial charge in [0.15, 0.2) is 6.29 Å². The number of ether oxygens (including phenoxy) is 1. The Labute approximate surface area is 137 Å². The smallest absolute Gasteiger partial charge is 0.790 e. The molecule has 1 aliphatic rings. The van der Waals surface area contributed by atoms with Gasteiger partial charge in [-0.25, -0.2) is 0 Å². The summed E-state index contributed by atoms with van der Waals surface area (Å²) in [6, 6.07) is 0. The molecule has 0 aromatic rings. The first-order valence-corrected chi connectivity index (χ1v) is 5.47. The summed E-state index contributed by atoms with van der Waals surface area (Å²) in [7, 11) is -5.22. The summed E-state index contributed by atoms with van der Waals surface area (Å²) < 4.78 is 19.0. The quantitative estimate of drug-likeness (QED) is 0.378. The number of hydrogen-bond donors (Lipinski definition) is 2. The van der Waals surface area contributed by atoms with Crippen LogP contribution in [0.25, 0.3) is 0 Å². The van der Waals surface area contributed by atoms with E-state index < -0.39 is 32.4 Å². The van der Waals surface area contributed by atoms with Gasteiger partial charge in [-0.3, -0.25) is 0 Å². The van der Waals surface area contributed by atoms with Crippen molar-refractivity contribution in [3.63, 3.8) is 0 Å². The number of aliphatic hydroxyl groups excluding tert-OH is 2. The van der Waals surface area contributed by atoms with Crippen LogP contribution in [0.5, 0.6) is 0 Å². The van der Waals surface area contributed by atoms with Gasteiger partial charge in [-0.1, -0.05) is 0 Å². The molecule has 0 aromatic carbocycles. The Morgan fingerprint density at radius 1 is 1.38 bits per heavy atom. The Kier molecular flexibility index (Phi) is 10.4. The van der Waals surface area contributed by atoms with E-state index in [1.807, 2.05) is 0 Å². The predicted octanol–water partition coefficient (Wildman–Crippen LogP) is -8.30. The second-order valence-corrected chi connectivity index (χ2v) is 4.27. The number of phosphoric acid groups is 1.